The van der Waals surface area contributed by atoms with Crippen LogP contribution in [0.5, 0.6) is 0 Å². The standard InChI is InChI=1S/C24H22N3PS/c1-27(2)19-26-24(29)23(18-25)28(20-12-6-3-7-13-20,21-14-8-4-9-15-21)22-16-10-5-11-17-22/h3-17,19H,1-2H3/p+1/b24-23+,26-19?. The molecule has 0 fully saturated rings. The highest BCUT2D eigenvalue weighted by atomic mass is 32.1. The monoisotopic (exact) mass is 416 g/mol. The van der Waals surface area contributed by atoms with E-state index in [4.69, 9.17) is 0 Å². The fourth-order valence-electron chi connectivity index (χ4n) is 3.30. The topological polar surface area (TPSA) is 39.4 Å². The molecule has 3 nitrogen and oxygen atoms in total. The van der Waals surface area contributed by atoms with Crippen LogP contribution in [-0.4, -0.2) is 25.3 Å². The van der Waals surface area contributed by atoms with E-state index in [0.717, 1.165) is 15.9 Å². The van der Waals surface area contributed by atoms with Gasteiger partial charge in [-0.25, -0.2) is 4.99 Å². The van der Waals surface area contributed by atoms with Crippen molar-refractivity contribution in [2.75, 3.05) is 14.1 Å². The molecule has 3 aromatic carbocycles. The summed E-state index contributed by atoms with van der Waals surface area (Å²) in [4.78, 5) is 6.32. The van der Waals surface area contributed by atoms with Gasteiger partial charge in [-0.1, -0.05) is 54.6 Å². The molecule has 3 rings (SSSR count). The smallest absolute Gasteiger partial charge is 0.217 e. The molecule has 5 heteroatoms. The molecule has 0 bridgehead atoms. The van der Waals surface area contributed by atoms with E-state index >= 15 is 0 Å². The van der Waals surface area contributed by atoms with E-state index in [1.807, 2.05) is 73.6 Å². The van der Waals surface area contributed by atoms with Crippen LogP contribution in [0.25, 0.3) is 0 Å². The SMILES string of the molecule is CN(C)C=N/C(S)=C(/C#N)[P+](c1ccccc1)(c1ccccc1)c1ccccc1. The first-order valence-electron chi connectivity index (χ1n) is 9.21. The van der Waals surface area contributed by atoms with Crippen LogP contribution in [0, 0.1) is 11.3 Å². The molecule has 0 saturated heterocycles. The van der Waals surface area contributed by atoms with Gasteiger partial charge in [-0.2, -0.15) is 5.26 Å². The second-order valence-electron chi connectivity index (χ2n) is 6.67. The van der Waals surface area contributed by atoms with Crippen molar-refractivity contribution in [3.8, 4) is 6.07 Å². The number of nitriles is 1. The van der Waals surface area contributed by atoms with Crippen LogP contribution in [0.4, 0.5) is 0 Å². The van der Waals surface area contributed by atoms with E-state index in [1.165, 1.54) is 0 Å². The van der Waals surface area contributed by atoms with Gasteiger partial charge in [0.2, 0.25) is 5.31 Å². The zero-order valence-corrected chi connectivity index (χ0v) is 18.3. The summed E-state index contributed by atoms with van der Waals surface area (Å²) in [6.45, 7) is 0. The van der Waals surface area contributed by atoms with Gasteiger partial charge in [0.25, 0.3) is 0 Å². The molecule has 0 N–H and O–H groups in total. The number of aliphatic imine (C=N–C) groups is 1. The van der Waals surface area contributed by atoms with Crippen LogP contribution in [0.3, 0.4) is 0 Å². The molecule has 0 aliphatic heterocycles. The van der Waals surface area contributed by atoms with Crippen molar-refractivity contribution in [3.05, 3.63) is 101 Å². The van der Waals surface area contributed by atoms with Gasteiger partial charge < -0.3 is 4.90 Å². The number of benzene rings is 3. The first-order chi connectivity index (χ1) is 14.1. The molecular formula is C24H23N3PS+. The predicted molar refractivity (Wildman–Crippen MR) is 129 cm³/mol. The predicted octanol–water partition coefficient (Wildman–Crippen LogP) is 4.19. The molecule has 144 valence electrons. The lowest BCUT2D eigenvalue weighted by atomic mass is 10.4. The minimum absolute atomic E-state index is 0.436. The number of allylic oxidation sites excluding steroid dienone is 1. The van der Waals surface area contributed by atoms with Crippen LogP contribution >= 0.6 is 19.9 Å². The quantitative estimate of drug-likeness (QED) is 0.215. The van der Waals surface area contributed by atoms with E-state index < -0.39 is 7.26 Å². The van der Waals surface area contributed by atoms with Gasteiger partial charge in [0.15, 0.2) is 7.26 Å². The highest BCUT2D eigenvalue weighted by Gasteiger charge is 2.51. The highest BCUT2D eigenvalue weighted by molar-refractivity contribution is 8.00. The summed E-state index contributed by atoms with van der Waals surface area (Å²) < 4.78 is 0. The zero-order valence-electron chi connectivity index (χ0n) is 16.5. The van der Waals surface area contributed by atoms with Gasteiger partial charge >= 0.3 is 0 Å². The zero-order chi connectivity index (χ0) is 20.7. The molecule has 3 aromatic rings. The minimum Gasteiger partial charge on any atom is -0.369 e. The van der Waals surface area contributed by atoms with Crippen LogP contribution in [-0.2, 0) is 0 Å². The van der Waals surface area contributed by atoms with Gasteiger partial charge in [-0.05, 0) is 36.4 Å². The normalized spacial score (nSPS) is 12.3. The molecule has 29 heavy (non-hydrogen) atoms. The first-order valence-corrected chi connectivity index (χ1v) is 11.4. The Bertz CT molecular complexity index is 943. The molecule has 0 amide bonds. The molecule has 0 atom stereocenters. The van der Waals surface area contributed by atoms with Crippen molar-refractivity contribution < 1.29 is 0 Å². The van der Waals surface area contributed by atoms with Crippen molar-refractivity contribution in [2.24, 2.45) is 4.99 Å². The third-order valence-corrected chi connectivity index (χ3v) is 9.21. The number of rotatable bonds is 6. The Kier molecular flexibility index (Phi) is 6.88. The molecule has 0 saturated carbocycles. The lowest BCUT2D eigenvalue weighted by Gasteiger charge is -2.26. The Hall–Kier alpha value is -2.86. The average molecular weight is 417 g/mol. The Morgan fingerprint density at radius 3 is 1.52 bits per heavy atom. The Morgan fingerprint density at radius 1 is 0.828 bits per heavy atom. The lowest BCUT2D eigenvalue weighted by molar-refractivity contribution is 0.643. The average Bonchev–Trinajstić information content (AvgIpc) is 2.77. The van der Waals surface area contributed by atoms with E-state index in [9.17, 15) is 5.26 Å². The van der Waals surface area contributed by atoms with Crippen LogP contribution in [0.1, 0.15) is 0 Å². The second-order valence-corrected chi connectivity index (χ2v) is 10.4. The van der Waals surface area contributed by atoms with Crippen LogP contribution in [0.15, 0.2) is 106 Å². The maximum Gasteiger partial charge on any atom is 0.217 e. The van der Waals surface area contributed by atoms with E-state index in [-0.39, 0.29) is 0 Å². The number of nitrogens with zero attached hydrogens (tertiary/aromatic N) is 3. The molecule has 0 unspecified atom stereocenters. The van der Waals surface area contributed by atoms with E-state index in [0.29, 0.717) is 10.3 Å². The first kappa shape index (κ1) is 20.9. The van der Waals surface area contributed by atoms with Gasteiger partial charge in [-0.3, -0.25) is 0 Å². The van der Waals surface area contributed by atoms with Gasteiger partial charge in [0, 0.05) is 14.1 Å². The molecule has 0 aromatic heterocycles. The summed E-state index contributed by atoms with van der Waals surface area (Å²) in [5.41, 5.74) is 0. The molecular weight excluding hydrogens is 393 g/mol. The van der Waals surface area contributed by atoms with Gasteiger partial charge in [0.05, 0.1) is 6.34 Å². The largest absolute Gasteiger partial charge is 0.369 e. The van der Waals surface area contributed by atoms with Crippen molar-refractivity contribution in [2.45, 2.75) is 0 Å². The van der Waals surface area contributed by atoms with Crippen molar-refractivity contribution in [1.82, 2.24) is 4.90 Å². The molecule has 0 aliphatic carbocycles. The van der Waals surface area contributed by atoms with E-state index in [1.54, 1.807) is 6.34 Å². The number of hydrogen-bond donors (Lipinski definition) is 1. The van der Waals surface area contributed by atoms with Crippen molar-refractivity contribution in [3.63, 3.8) is 0 Å². The Balaban J connectivity index is 2.46. The third-order valence-electron chi connectivity index (χ3n) is 4.49. The minimum atomic E-state index is -2.47. The molecule has 0 radical (unpaired) electrons. The Morgan fingerprint density at radius 2 is 1.21 bits per heavy atom. The molecule has 0 aliphatic rings. The van der Waals surface area contributed by atoms with Crippen molar-refractivity contribution in [1.29, 1.82) is 5.26 Å². The van der Waals surface area contributed by atoms with Crippen molar-refractivity contribution >= 4 is 42.1 Å². The number of hydrogen-bond acceptors (Lipinski definition) is 3. The summed E-state index contributed by atoms with van der Waals surface area (Å²) in [6, 6.07) is 33.2. The highest BCUT2D eigenvalue weighted by Crippen LogP contribution is 2.63. The van der Waals surface area contributed by atoms with Crippen LogP contribution < -0.4 is 15.9 Å². The van der Waals surface area contributed by atoms with E-state index in [2.05, 4.69) is 60.1 Å². The second kappa shape index (κ2) is 9.56. The summed E-state index contributed by atoms with van der Waals surface area (Å²) in [5.74, 6) is 0. The third kappa shape index (κ3) is 4.27. The molecule has 0 spiro atoms. The fraction of sp³-hybridized carbons (Fsp3) is 0.0833. The maximum absolute atomic E-state index is 10.4. The fourth-order valence-corrected chi connectivity index (χ4v) is 7.88. The maximum atomic E-state index is 10.4. The summed E-state index contributed by atoms with van der Waals surface area (Å²) >= 11 is 4.68. The summed E-state index contributed by atoms with van der Waals surface area (Å²) in [7, 11) is 1.32. The lowest BCUT2D eigenvalue weighted by Crippen LogP contribution is -2.32. The van der Waals surface area contributed by atoms with Gasteiger partial charge in [-0.15, -0.1) is 12.6 Å². The molecule has 0 heterocycles. The summed E-state index contributed by atoms with van der Waals surface area (Å²) in [5, 5.41) is 14.7. The Labute approximate surface area is 178 Å². The summed E-state index contributed by atoms with van der Waals surface area (Å²) in [6.07, 6.45) is 1.68. The van der Waals surface area contributed by atoms with Gasteiger partial charge in [0.1, 0.15) is 27.0 Å². The van der Waals surface area contributed by atoms with Crippen LogP contribution in [0.2, 0.25) is 0 Å². The number of thiol groups is 1.